The van der Waals surface area contributed by atoms with Gasteiger partial charge >= 0.3 is 0 Å². The molecule has 0 bridgehead atoms. The zero-order chi connectivity index (χ0) is 14.3. The third-order valence-corrected chi connectivity index (χ3v) is 3.50. The van der Waals surface area contributed by atoms with Crippen molar-refractivity contribution in [3.05, 3.63) is 17.8 Å². The number of ether oxygens (including phenoxy) is 1. The van der Waals surface area contributed by atoms with E-state index >= 15 is 0 Å². The minimum Gasteiger partial charge on any atom is -0.443 e. The molecular formula is C15H28N2O2. The molecular weight excluding hydrogens is 240 g/mol. The molecule has 110 valence electrons. The van der Waals surface area contributed by atoms with Crippen LogP contribution in [0.2, 0.25) is 0 Å². The normalized spacial score (nSPS) is 14.8. The molecule has 0 saturated carbocycles. The Labute approximate surface area is 116 Å². The Morgan fingerprint density at radius 2 is 2.21 bits per heavy atom. The van der Waals surface area contributed by atoms with Crippen molar-refractivity contribution in [2.75, 3.05) is 20.2 Å². The summed E-state index contributed by atoms with van der Waals surface area (Å²) < 4.78 is 11.3. The lowest BCUT2D eigenvalue weighted by molar-refractivity contribution is -0.0197. The summed E-state index contributed by atoms with van der Waals surface area (Å²) in [6, 6.07) is 0. The summed E-state index contributed by atoms with van der Waals surface area (Å²) in [5.41, 5.74) is -0.360. The minimum atomic E-state index is -0.360. The van der Waals surface area contributed by atoms with Gasteiger partial charge in [0.05, 0.1) is 6.20 Å². The lowest BCUT2D eigenvalue weighted by Gasteiger charge is -2.23. The highest BCUT2D eigenvalue weighted by molar-refractivity contribution is 5.05. The van der Waals surface area contributed by atoms with Gasteiger partial charge in [0.1, 0.15) is 5.60 Å². The van der Waals surface area contributed by atoms with E-state index in [0.29, 0.717) is 5.92 Å². The van der Waals surface area contributed by atoms with Crippen LogP contribution in [0.15, 0.2) is 10.6 Å². The predicted octanol–water partition coefficient (Wildman–Crippen LogP) is 3.12. The first-order valence-electron chi connectivity index (χ1n) is 7.23. The van der Waals surface area contributed by atoms with Crippen molar-refractivity contribution in [1.82, 2.24) is 10.3 Å². The third-order valence-electron chi connectivity index (χ3n) is 3.50. The summed E-state index contributed by atoms with van der Waals surface area (Å²) in [6.45, 7) is 10.6. The Bertz CT molecular complexity index is 357. The zero-order valence-electron chi connectivity index (χ0n) is 13.0. The van der Waals surface area contributed by atoms with Crippen molar-refractivity contribution < 1.29 is 9.15 Å². The lowest BCUT2D eigenvalue weighted by Crippen LogP contribution is -2.22. The number of oxazole rings is 1. The van der Waals surface area contributed by atoms with Crippen molar-refractivity contribution in [2.45, 2.75) is 52.6 Å². The van der Waals surface area contributed by atoms with Gasteiger partial charge in [0.15, 0.2) is 11.7 Å². The summed E-state index contributed by atoms with van der Waals surface area (Å²) in [5, 5.41) is 3.42. The summed E-state index contributed by atoms with van der Waals surface area (Å²) in [7, 11) is 1.71. The molecule has 0 aliphatic heterocycles. The predicted molar refractivity (Wildman–Crippen MR) is 77.2 cm³/mol. The average molecular weight is 268 g/mol. The van der Waals surface area contributed by atoms with E-state index in [-0.39, 0.29) is 5.60 Å². The van der Waals surface area contributed by atoms with Gasteiger partial charge in [-0.3, -0.25) is 0 Å². The van der Waals surface area contributed by atoms with Gasteiger partial charge < -0.3 is 14.5 Å². The Balaban J connectivity index is 2.39. The Morgan fingerprint density at radius 1 is 1.47 bits per heavy atom. The van der Waals surface area contributed by atoms with Crippen molar-refractivity contribution in [1.29, 1.82) is 0 Å². The molecule has 1 aromatic rings. The SMILES string of the molecule is CCC(C)(OC)c1cnc(CCCNCC(C)C)o1. The fourth-order valence-corrected chi connectivity index (χ4v) is 1.84. The molecule has 0 aliphatic carbocycles. The Hall–Kier alpha value is -0.870. The van der Waals surface area contributed by atoms with Crippen LogP contribution in [0.4, 0.5) is 0 Å². The van der Waals surface area contributed by atoms with Gasteiger partial charge in [-0.25, -0.2) is 4.98 Å². The standard InChI is InChI=1S/C15H28N2O2/c1-6-15(4,18-5)13-11-17-14(19-13)8-7-9-16-10-12(2)3/h11-12,16H,6-10H2,1-5H3. The highest BCUT2D eigenvalue weighted by atomic mass is 16.5. The molecule has 1 N–H and O–H groups in total. The van der Waals surface area contributed by atoms with E-state index in [9.17, 15) is 0 Å². The number of nitrogens with one attached hydrogen (secondary N) is 1. The molecule has 1 aromatic heterocycles. The first kappa shape index (κ1) is 16.2. The second-order valence-corrected chi connectivity index (χ2v) is 5.61. The lowest BCUT2D eigenvalue weighted by atomic mass is 10.0. The first-order valence-corrected chi connectivity index (χ1v) is 7.23. The van der Waals surface area contributed by atoms with Crippen LogP contribution in [0, 0.1) is 5.92 Å². The van der Waals surface area contributed by atoms with Crippen LogP contribution >= 0.6 is 0 Å². The molecule has 1 atom stereocenters. The second kappa shape index (κ2) is 7.65. The van der Waals surface area contributed by atoms with Gasteiger partial charge in [0.2, 0.25) is 0 Å². The molecule has 0 amide bonds. The molecule has 0 aromatic carbocycles. The van der Waals surface area contributed by atoms with Crippen LogP contribution < -0.4 is 5.32 Å². The maximum atomic E-state index is 5.79. The smallest absolute Gasteiger partial charge is 0.194 e. The molecule has 4 heteroatoms. The molecule has 1 unspecified atom stereocenters. The maximum absolute atomic E-state index is 5.79. The zero-order valence-corrected chi connectivity index (χ0v) is 13.0. The van der Waals surface area contributed by atoms with E-state index in [2.05, 4.69) is 31.1 Å². The van der Waals surface area contributed by atoms with E-state index < -0.39 is 0 Å². The number of hydrogen-bond acceptors (Lipinski definition) is 4. The molecule has 0 fully saturated rings. The summed E-state index contributed by atoms with van der Waals surface area (Å²) in [5.74, 6) is 2.32. The van der Waals surface area contributed by atoms with Crippen LogP contribution in [0.3, 0.4) is 0 Å². The van der Waals surface area contributed by atoms with Crippen molar-refractivity contribution in [3.8, 4) is 0 Å². The summed E-state index contributed by atoms with van der Waals surface area (Å²) in [6.07, 6.45) is 4.58. The number of aryl methyl sites for hydroxylation is 1. The van der Waals surface area contributed by atoms with Crippen LogP contribution in [0.25, 0.3) is 0 Å². The largest absolute Gasteiger partial charge is 0.443 e. The highest BCUT2D eigenvalue weighted by Crippen LogP contribution is 2.28. The molecule has 19 heavy (non-hydrogen) atoms. The van der Waals surface area contributed by atoms with Crippen molar-refractivity contribution in [3.63, 3.8) is 0 Å². The van der Waals surface area contributed by atoms with Crippen LogP contribution in [-0.4, -0.2) is 25.2 Å². The number of methoxy groups -OCH3 is 1. The van der Waals surface area contributed by atoms with E-state index in [1.807, 2.05) is 6.92 Å². The van der Waals surface area contributed by atoms with Gasteiger partial charge in [0, 0.05) is 13.5 Å². The van der Waals surface area contributed by atoms with Gasteiger partial charge in [-0.2, -0.15) is 0 Å². The van der Waals surface area contributed by atoms with Crippen LogP contribution in [0.5, 0.6) is 0 Å². The Morgan fingerprint density at radius 3 is 2.79 bits per heavy atom. The Kier molecular flexibility index (Phi) is 6.52. The number of hydrogen-bond donors (Lipinski definition) is 1. The summed E-state index contributed by atoms with van der Waals surface area (Å²) in [4.78, 5) is 4.34. The molecule has 1 rings (SSSR count). The fraction of sp³-hybridized carbons (Fsp3) is 0.800. The first-order chi connectivity index (χ1) is 9.01. The number of aromatic nitrogens is 1. The quantitative estimate of drug-likeness (QED) is 0.699. The van der Waals surface area contributed by atoms with Crippen molar-refractivity contribution in [2.24, 2.45) is 5.92 Å². The molecule has 1 heterocycles. The molecule has 4 nitrogen and oxygen atoms in total. The molecule has 0 saturated heterocycles. The van der Waals surface area contributed by atoms with E-state index in [4.69, 9.17) is 9.15 Å². The van der Waals surface area contributed by atoms with Crippen LogP contribution in [-0.2, 0) is 16.8 Å². The van der Waals surface area contributed by atoms with Gasteiger partial charge in [0.25, 0.3) is 0 Å². The van der Waals surface area contributed by atoms with Gasteiger partial charge in [-0.1, -0.05) is 20.8 Å². The summed E-state index contributed by atoms with van der Waals surface area (Å²) >= 11 is 0. The van der Waals surface area contributed by atoms with Gasteiger partial charge in [-0.05, 0) is 38.8 Å². The second-order valence-electron chi connectivity index (χ2n) is 5.61. The third kappa shape index (κ3) is 4.96. The molecule has 0 spiro atoms. The van der Waals surface area contributed by atoms with Crippen molar-refractivity contribution >= 4 is 0 Å². The number of rotatable bonds is 9. The fourth-order valence-electron chi connectivity index (χ4n) is 1.84. The average Bonchev–Trinajstić information content (AvgIpc) is 2.86. The van der Waals surface area contributed by atoms with E-state index in [1.165, 1.54) is 0 Å². The highest BCUT2D eigenvalue weighted by Gasteiger charge is 2.28. The monoisotopic (exact) mass is 268 g/mol. The minimum absolute atomic E-state index is 0.360. The van der Waals surface area contributed by atoms with Gasteiger partial charge in [-0.15, -0.1) is 0 Å². The van der Waals surface area contributed by atoms with E-state index in [0.717, 1.165) is 44.0 Å². The van der Waals surface area contributed by atoms with E-state index in [1.54, 1.807) is 13.3 Å². The maximum Gasteiger partial charge on any atom is 0.194 e. The topological polar surface area (TPSA) is 47.3 Å². The number of nitrogens with zero attached hydrogens (tertiary/aromatic N) is 1. The van der Waals surface area contributed by atoms with Crippen LogP contribution in [0.1, 0.15) is 52.2 Å². The molecule has 0 radical (unpaired) electrons. The molecule has 0 aliphatic rings.